The first-order valence-corrected chi connectivity index (χ1v) is 19.8. The van der Waals surface area contributed by atoms with Crippen LogP contribution in [0.1, 0.15) is 63.5 Å². The van der Waals surface area contributed by atoms with E-state index < -0.39 is 35.1 Å². The molecule has 1 fully saturated rings. The Morgan fingerprint density at radius 1 is 0.825 bits per heavy atom. The number of rotatable bonds is 9. The van der Waals surface area contributed by atoms with Crippen LogP contribution in [0, 0.1) is 0 Å². The van der Waals surface area contributed by atoms with Crippen molar-refractivity contribution >= 4 is 74.4 Å². The fraction of sp³-hybridized carbons (Fsp3) is 0.209. The molecule has 1 spiro atoms. The molecule has 290 valence electrons. The Labute approximate surface area is 346 Å². The fourth-order valence-electron chi connectivity index (χ4n) is 8.19. The number of fused-ring (bicyclic) bond motifs is 6. The van der Waals surface area contributed by atoms with Crippen molar-refractivity contribution in [3.8, 4) is 11.5 Å². The number of aromatic hydroxyl groups is 2. The third kappa shape index (κ3) is 6.85. The van der Waals surface area contributed by atoms with Gasteiger partial charge >= 0.3 is 18.0 Å². The summed E-state index contributed by atoms with van der Waals surface area (Å²) in [5.74, 6) is -0.828. The fourth-order valence-corrected chi connectivity index (χ4v) is 8.97. The number of amides is 5. The van der Waals surface area contributed by atoms with Gasteiger partial charge in [-0.1, -0.05) is 69.5 Å². The smallest absolute Gasteiger partial charge is 0.340 e. The highest BCUT2D eigenvalue weighted by atomic mass is 79.9. The van der Waals surface area contributed by atoms with Gasteiger partial charge in [-0.05, 0) is 110 Å². The maximum Gasteiger partial charge on any atom is 0.340 e. The molecule has 2 heterocycles. The Hall–Kier alpha value is -5.56. The quantitative estimate of drug-likeness (QED) is 0.0657. The largest absolute Gasteiger partial charge is 0.508 e. The zero-order valence-corrected chi connectivity index (χ0v) is 33.5. The number of nitrogens with one attached hydrogen (secondary N) is 2. The molecule has 0 bridgehead atoms. The number of carbonyl (C=O) groups excluding carboxylic acids is 4. The van der Waals surface area contributed by atoms with Crippen LogP contribution >= 0.6 is 39.1 Å². The summed E-state index contributed by atoms with van der Waals surface area (Å²) in [5, 5.41) is 26.7. The molecule has 5 aromatic carbocycles. The van der Waals surface area contributed by atoms with Gasteiger partial charge in [-0.3, -0.25) is 4.79 Å². The summed E-state index contributed by atoms with van der Waals surface area (Å²) in [7, 11) is 0. The Kier molecular flexibility index (Phi) is 9.91. The number of anilines is 2. The van der Waals surface area contributed by atoms with Gasteiger partial charge in [0.1, 0.15) is 17.0 Å². The number of hydrogen-bond acceptors (Lipinski definition) is 7. The zero-order chi connectivity index (χ0) is 40.2. The van der Waals surface area contributed by atoms with Crippen molar-refractivity contribution in [1.82, 2.24) is 10.2 Å². The molecule has 5 aromatic rings. The molecule has 1 atom stereocenters. The predicted octanol–water partition coefficient (Wildman–Crippen LogP) is 8.91. The van der Waals surface area contributed by atoms with Crippen molar-refractivity contribution in [2.45, 2.75) is 43.7 Å². The molecule has 8 rings (SSSR count). The summed E-state index contributed by atoms with van der Waals surface area (Å²) in [6.45, 7) is 2.26. The number of urea groups is 2. The monoisotopic (exact) mass is 868 g/mol. The number of carbonyl (C=O) groups is 4. The molecule has 0 saturated carbocycles. The van der Waals surface area contributed by atoms with Gasteiger partial charge in [-0.15, -0.1) is 0 Å². The number of ether oxygens (including phenoxy) is 1. The van der Waals surface area contributed by atoms with Crippen LogP contribution in [0.15, 0.2) is 102 Å². The van der Waals surface area contributed by atoms with E-state index in [2.05, 4.69) is 26.6 Å². The van der Waals surface area contributed by atoms with E-state index in [4.69, 9.17) is 27.9 Å². The number of phenolic OH excluding ortho intramolecular Hbond substituents is 2. The first-order valence-electron chi connectivity index (χ1n) is 18.2. The number of nitrogens with zero attached hydrogens (tertiary/aromatic N) is 2. The lowest BCUT2D eigenvalue weighted by Gasteiger charge is -2.37. The zero-order valence-electron chi connectivity index (χ0n) is 30.4. The van der Waals surface area contributed by atoms with Crippen LogP contribution in [0.4, 0.5) is 21.0 Å². The van der Waals surface area contributed by atoms with Crippen molar-refractivity contribution in [3.05, 3.63) is 151 Å². The molecule has 11 nitrogen and oxygen atoms in total. The van der Waals surface area contributed by atoms with Crippen LogP contribution < -0.4 is 15.5 Å². The summed E-state index contributed by atoms with van der Waals surface area (Å²) >= 11 is 15.9. The molecule has 0 radical (unpaired) electrons. The highest BCUT2D eigenvalue weighted by Crippen LogP contribution is 2.53. The lowest BCUT2D eigenvalue weighted by molar-refractivity contribution is -0.124. The molecule has 5 amide bonds. The van der Waals surface area contributed by atoms with Gasteiger partial charge in [-0.25, -0.2) is 19.3 Å². The van der Waals surface area contributed by atoms with E-state index in [1.54, 1.807) is 66.4 Å². The van der Waals surface area contributed by atoms with E-state index in [1.165, 1.54) is 18.2 Å². The minimum Gasteiger partial charge on any atom is -0.508 e. The molecule has 1 saturated heterocycles. The Morgan fingerprint density at radius 2 is 1.46 bits per heavy atom. The SMILES string of the molecule is C[C@@]1(Cc2ccc(Br)cc2)C(=O)N(c2cc(Cl)cc(Cl)c2)C(=O)N1CCCCNC(=O)Nc1ccc2c(c1)C(=O)OC21c2ccc(O)cc2Cc2cc(O)ccc21. The summed E-state index contributed by atoms with van der Waals surface area (Å²) in [5.41, 5.74) is 2.82. The molecule has 1 aliphatic carbocycles. The van der Waals surface area contributed by atoms with E-state index in [-0.39, 0.29) is 42.3 Å². The Balaban J connectivity index is 0.942. The molecular weight excluding hydrogens is 835 g/mol. The van der Waals surface area contributed by atoms with E-state index in [0.717, 1.165) is 26.1 Å². The van der Waals surface area contributed by atoms with Crippen molar-refractivity contribution in [3.63, 3.8) is 0 Å². The Morgan fingerprint density at radius 3 is 2.11 bits per heavy atom. The van der Waals surface area contributed by atoms with Gasteiger partial charge in [0.15, 0.2) is 5.60 Å². The lowest BCUT2D eigenvalue weighted by Crippen LogP contribution is -2.49. The minimum atomic E-state index is -1.30. The van der Waals surface area contributed by atoms with Crippen LogP contribution in [0.2, 0.25) is 10.0 Å². The summed E-state index contributed by atoms with van der Waals surface area (Å²) in [4.78, 5) is 57.2. The van der Waals surface area contributed by atoms with Crippen molar-refractivity contribution in [2.24, 2.45) is 0 Å². The number of imide groups is 1. The van der Waals surface area contributed by atoms with Crippen molar-refractivity contribution in [1.29, 1.82) is 0 Å². The number of hydrogen-bond donors (Lipinski definition) is 4. The molecule has 0 aromatic heterocycles. The summed E-state index contributed by atoms with van der Waals surface area (Å²) in [6, 6.07) is 26.1. The maximum absolute atomic E-state index is 14.1. The third-order valence-corrected chi connectivity index (χ3v) is 11.7. The van der Waals surface area contributed by atoms with Gasteiger partial charge in [0.05, 0.1) is 11.3 Å². The first-order chi connectivity index (χ1) is 27.3. The lowest BCUT2D eigenvalue weighted by atomic mass is 9.71. The van der Waals surface area contributed by atoms with Gasteiger partial charge in [-0.2, -0.15) is 0 Å². The Bertz CT molecular complexity index is 2430. The van der Waals surface area contributed by atoms with E-state index in [1.807, 2.05) is 24.3 Å². The first kappa shape index (κ1) is 38.3. The second-order valence-corrected chi connectivity index (χ2v) is 16.3. The molecule has 3 aliphatic rings. The van der Waals surface area contributed by atoms with Gasteiger partial charge in [0.25, 0.3) is 5.91 Å². The van der Waals surface area contributed by atoms with Crippen LogP contribution in [-0.2, 0) is 28.0 Å². The van der Waals surface area contributed by atoms with Crippen LogP contribution in [0.25, 0.3) is 0 Å². The van der Waals surface area contributed by atoms with Crippen LogP contribution in [0.3, 0.4) is 0 Å². The second-order valence-electron chi connectivity index (χ2n) is 14.6. The molecule has 2 aliphatic heterocycles. The van der Waals surface area contributed by atoms with Crippen LogP contribution in [-0.4, -0.2) is 57.7 Å². The number of unbranched alkanes of at least 4 members (excludes halogenated alkanes) is 1. The predicted molar refractivity (Wildman–Crippen MR) is 219 cm³/mol. The number of esters is 1. The van der Waals surface area contributed by atoms with Gasteiger partial charge in [0, 0.05) is 56.4 Å². The standard InChI is InChI=1S/C43H35BrCl2N4O7/c1-42(23-24-4-6-27(44)7-5-24)39(54)50(31-20-28(45)19-29(46)21-31)41(56)49(42)15-3-2-14-47-40(55)48-30-8-11-37-34(22-30)38(53)57-43(37)35-12-9-32(51)17-25(35)16-26-18-33(52)10-13-36(26)43/h4-13,17-22,51-52H,2-3,14-16,23H2,1H3,(H2,47,48,55)/t42-/m1/s1. The maximum atomic E-state index is 14.1. The van der Waals surface area contributed by atoms with Gasteiger partial charge in [0.2, 0.25) is 0 Å². The van der Waals surface area contributed by atoms with Crippen molar-refractivity contribution < 1.29 is 34.1 Å². The highest BCUT2D eigenvalue weighted by molar-refractivity contribution is 9.10. The summed E-state index contributed by atoms with van der Waals surface area (Å²) < 4.78 is 7.09. The second kappa shape index (κ2) is 14.7. The number of halogens is 3. The molecule has 0 unspecified atom stereocenters. The third-order valence-electron chi connectivity index (χ3n) is 10.8. The molecule has 14 heteroatoms. The highest BCUT2D eigenvalue weighted by Gasteiger charge is 2.55. The topological polar surface area (TPSA) is 149 Å². The average molecular weight is 871 g/mol. The van der Waals surface area contributed by atoms with Crippen molar-refractivity contribution in [2.75, 3.05) is 23.3 Å². The molecule has 57 heavy (non-hydrogen) atoms. The number of benzene rings is 5. The molecular formula is C43H35BrCl2N4O7. The van der Waals surface area contributed by atoms with Crippen LogP contribution in [0.5, 0.6) is 11.5 Å². The molecule has 4 N–H and O–H groups in total. The normalized spacial score (nSPS) is 17.6. The summed E-state index contributed by atoms with van der Waals surface area (Å²) in [6.07, 6.45) is 1.67. The average Bonchev–Trinajstić information content (AvgIpc) is 3.53. The van der Waals surface area contributed by atoms with E-state index >= 15 is 0 Å². The van der Waals surface area contributed by atoms with E-state index in [0.29, 0.717) is 51.7 Å². The van der Waals surface area contributed by atoms with E-state index in [9.17, 15) is 29.4 Å². The number of phenols is 2. The minimum absolute atomic E-state index is 0.0728. The van der Waals surface area contributed by atoms with Gasteiger partial charge < -0.3 is 30.5 Å².